The van der Waals surface area contributed by atoms with E-state index >= 15 is 0 Å². The summed E-state index contributed by atoms with van der Waals surface area (Å²) in [7, 11) is 0. The number of hydrogen-bond acceptors (Lipinski definition) is 1. The minimum Gasteiger partial charge on any atom is -0.361 e. The van der Waals surface area contributed by atoms with Crippen LogP contribution in [0.2, 0.25) is 0 Å². The van der Waals surface area contributed by atoms with Gasteiger partial charge in [-0.2, -0.15) is 0 Å². The number of aromatic amines is 1. The quantitative estimate of drug-likeness (QED) is 0.712. The molecule has 1 aromatic heterocycles. The summed E-state index contributed by atoms with van der Waals surface area (Å²) in [6, 6.07) is 20.0. The van der Waals surface area contributed by atoms with E-state index in [0.29, 0.717) is 6.04 Å². The van der Waals surface area contributed by atoms with Crippen molar-refractivity contribution in [2.75, 3.05) is 6.54 Å². The number of para-hydroxylation sites is 1. The van der Waals surface area contributed by atoms with E-state index in [-0.39, 0.29) is 0 Å². The Kier molecular flexibility index (Phi) is 2.82. The summed E-state index contributed by atoms with van der Waals surface area (Å²) in [5.74, 6) is 0. The Labute approximate surface area is 119 Å². The highest BCUT2D eigenvalue weighted by Crippen LogP contribution is 2.27. The lowest BCUT2D eigenvalue weighted by atomic mass is 10.1. The minimum atomic E-state index is 0.703. The van der Waals surface area contributed by atoms with Crippen LogP contribution in [0.4, 0.5) is 0 Å². The first-order chi connectivity index (χ1) is 9.90. The second-order valence-electron chi connectivity index (χ2n) is 5.63. The van der Waals surface area contributed by atoms with Gasteiger partial charge in [0.15, 0.2) is 0 Å². The van der Waals surface area contributed by atoms with E-state index in [0.717, 1.165) is 13.0 Å². The van der Waals surface area contributed by atoms with Crippen molar-refractivity contribution < 1.29 is 0 Å². The normalized spacial score (nSPS) is 21.2. The summed E-state index contributed by atoms with van der Waals surface area (Å²) in [5, 5.41) is 1.37. The van der Waals surface area contributed by atoms with Gasteiger partial charge in [0.25, 0.3) is 0 Å². The summed E-state index contributed by atoms with van der Waals surface area (Å²) < 4.78 is 0. The van der Waals surface area contributed by atoms with Gasteiger partial charge >= 0.3 is 0 Å². The van der Waals surface area contributed by atoms with Crippen molar-refractivity contribution in [3.8, 4) is 0 Å². The van der Waals surface area contributed by atoms with Gasteiger partial charge in [0, 0.05) is 36.2 Å². The number of rotatable bonds is 4. The van der Waals surface area contributed by atoms with Gasteiger partial charge < -0.3 is 4.98 Å². The number of benzene rings is 2. The molecule has 2 heterocycles. The lowest BCUT2D eigenvalue weighted by Crippen LogP contribution is -2.04. The zero-order chi connectivity index (χ0) is 13.4. The number of nitrogens with zero attached hydrogens (tertiary/aromatic N) is 1. The van der Waals surface area contributed by atoms with Crippen LogP contribution in [0.25, 0.3) is 10.9 Å². The SMILES string of the molecule is c1ccc(CN2C[C@@H]2Cc2c[nH]c3ccccc23)cc1. The number of aromatic nitrogens is 1. The molecule has 1 fully saturated rings. The number of nitrogens with one attached hydrogen (secondary N) is 1. The zero-order valence-electron chi connectivity index (χ0n) is 11.4. The molecule has 4 rings (SSSR count). The lowest BCUT2D eigenvalue weighted by Gasteiger charge is -2.03. The molecule has 2 nitrogen and oxygen atoms in total. The van der Waals surface area contributed by atoms with E-state index < -0.39 is 0 Å². The second-order valence-corrected chi connectivity index (χ2v) is 5.63. The Morgan fingerprint density at radius 1 is 1.00 bits per heavy atom. The van der Waals surface area contributed by atoms with Crippen LogP contribution in [0.1, 0.15) is 11.1 Å². The largest absolute Gasteiger partial charge is 0.361 e. The highest BCUT2D eigenvalue weighted by molar-refractivity contribution is 5.83. The summed E-state index contributed by atoms with van der Waals surface area (Å²) >= 11 is 0. The molecule has 0 spiro atoms. The van der Waals surface area contributed by atoms with Crippen LogP contribution in [-0.4, -0.2) is 22.5 Å². The molecule has 1 aliphatic heterocycles. The van der Waals surface area contributed by atoms with Crippen LogP contribution in [-0.2, 0) is 13.0 Å². The highest BCUT2D eigenvalue weighted by atomic mass is 15.3. The van der Waals surface area contributed by atoms with Crippen molar-refractivity contribution in [2.45, 2.75) is 19.0 Å². The fourth-order valence-corrected chi connectivity index (χ4v) is 2.98. The van der Waals surface area contributed by atoms with Gasteiger partial charge in [0.2, 0.25) is 0 Å². The average Bonchev–Trinajstić information content (AvgIpc) is 3.08. The first-order valence-electron chi connectivity index (χ1n) is 7.23. The van der Waals surface area contributed by atoms with Crippen LogP contribution >= 0.6 is 0 Å². The first kappa shape index (κ1) is 11.7. The van der Waals surface area contributed by atoms with Gasteiger partial charge in [0.1, 0.15) is 0 Å². The summed E-state index contributed by atoms with van der Waals surface area (Å²) in [4.78, 5) is 5.91. The maximum atomic E-state index is 3.37. The molecule has 2 aromatic carbocycles. The lowest BCUT2D eigenvalue weighted by molar-refractivity contribution is 0.500. The highest BCUT2D eigenvalue weighted by Gasteiger charge is 2.33. The Balaban J connectivity index is 1.44. The minimum absolute atomic E-state index is 0.703. The van der Waals surface area contributed by atoms with Crippen LogP contribution in [0.5, 0.6) is 0 Å². The molecule has 20 heavy (non-hydrogen) atoms. The molecule has 2 heteroatoms. The van der Waals surface area contributed by atoms with Crippen LogP contribution in [0, 0.1) is 0 Å². The zero-order valence-corrected chi connectivity index (χ0v) is 11.4. The molecule has 0 radical (unpaired) electrons. The van der Waals surface area contributed by atoms with E-state index in [1.165, 1.54) is 28.6 Å². The molecule has 2 atom stereocenters. The van der Waals surface area contributed by atoms with Crippen LogP contribution in [0.15, 0.2) is 60.8 Å². The molecule has 0 saturated carbocycles. The molecule has 1 N–H and O–H groups in total. The smallest absolute Gasteiger partial charge is 0.0456 e. The summed E-state index contributed by atoms with van der Waals surface area (Å²) in [6.07, 6.45) is 3.32. The van der Waals surface area contributed by atoms with E-state index in [1.807, 2.05) is 0 Å². The average molecular weight is 262 g/mol. The van der Waals surface area contributed by atoms with Gasteiger partial charge in [0.05, 0.1) is 0 Å². The molecule has 0 bridgehead atoms. The van der Waals surface area contributed by atoms with E-state index in [4.69, 9.17) is 0 Å². The van der Waals surface area contributed by atoms with Crippen molar-refractivity contribution in [1.29, 1.82) is 0 Å². The molecule has 100 valence electrons. The summed E-state index contributed by atoms with van der Waals surface area (Å²) in [6.45, 7) is 2.29. The molecular weight excluding hydrogens is 244 g/mol. The third kappa shape index (κ3) is 2.23. The molecular formula is C18H18N2. The predicted molar refractivity (Wildman–Crippen MR) is 82.6 cm³/mol. The maximum Gasteiger partial charge on any atom is 0.0456 e. The third-order valence-electron chi connectivity index (χ3n) is 4.19. The molecule has 1 aliphatic rings. The van der Waals surface area contributed by atoms with E-state index in [9.17, 15) is 0 Å². The Bertz CT molecular complexity index is 714. The predicted octanol–water partition coefficient (Wildman–Crippen LogP) is 3.59. The first-order valence-corrected chi connectivity index (χ1v) is 7.23. The van der Waals surface area contributed by atoms with Gasteiger partial charge in [-0.3, -0.25) is 4.90 Å². The number of fused-ring (bicyclic) bond motifs is 1. The molecule has 0 aliphatic carbocycles. The molecule has 1 saturated heterocycles. The molecule has 0 amide bonds. The van der Waals surface area contributed by atoms with Gasteiger partial charge in [-0.05, 0) is 23.6 Å². The Morgan fingerprint density at radius 3 is 2.70 bits per heavy atom. The van der Waals surface area contributed by atoms with Gasteiger partial charge in [-0.15, -0.1) is 0 Å². The maximum absolute atomic E-state index is 3.37. The van der Waals surface area contributed by atoms with Crippen molar-refractivity contribution in [1.82, 2.24) is 9.88 Å². The van der Waals surface area contributed by atoms with Gasteiger partial charge in [-0.25, -0.2) is 0 Å². The van der Waals surface area contributed by atoms with Crippen molar-refractivity contribution in [2.24, 2.45) is 0 Å². The van der Waals surface area contributed by atoms with E-state index in [1.54, 1.807) is 0 Å². The van der Waals surface area contributed by atoms with Crippen molar-refractivity contribution in [3.63, 3.8) is 0 Å². The van der Waals surface area contributed by atoms with Crippen molar-refractivity contribution >= 4 is 10.9 Å². The molecule has 1 unspecified atom stereocenters. The number of H-pyrrole nitrogens is 1. The number of hydrogen-bond donors (Lipinski definition) is 1. The summed E-state index contributed by atoms with van der Waals surface area (Å²) in [5.41, 5.74) is 4.10. The Hall–Kier alpha value is -2.06. The fourth-order valence-electron chi connectivity index (χ4n) is 2.98. The standard InChI is InChI=1S/C18H18N2/c1-2-6-14(7-3-1)12-20-13-16(20)10-15-11-19-18-9-5-4-8-17(15)18/h1-9,11,16,19H,10,12-13H2/t16-,20?/m0/s1. The fraction of sp³-hybridized carbons (Fsp3) is 0.222. The Morgan fingerprint density at radius 2 is 1.80 bits per heavy atom. The third-order valence-corrected chi connectivity index (χ3v) is 4.19. The van der Waals surface area contributed by atoms with Crippen LogP contribution in [0.3, 0.4) is 0 Å². The van der Waals surface area contributed by atoms with Crippen LogP contribution < -0.4 is 0 Å². The van der Waals surface area contributed by atoms with E-state index in [2.05, 4.69) is 70.7 Å². The van der Waals surface area contributed by atoms with Gasteiger partial charge in [-0.1, -0.05) is 48.5 Å². The second kappa shape index (κ2) is 4.80. The topological polar surface area (TPSA) is 18.8 Å². The van der Waals surface area contributed by atoms with Crippen molar-refractivity contribution in [3.05, 3.63) is 71.9 Å². The molecule has 3 aromatic rings. The monoisotopic (exact) mass is 262 g/mol.